The standard InChI is InChI=1S/C21H24F2N6O/c22-18-14(24)3-4-16(19(18)23)28-8-6-27(7-9-28)12-13-10-15-20(25-11-13)29-5-1-2-17(29)21(30)26-15/h3-4,10-11,17H,1-2,5-9,12,24H2,(H,26,30). The predicted molar refractivity (Wildman–Crippen MR) is 111 cm³/mol. The van der Waals surface area contributed by atoms with E-state index in [1.54, 1.807) is 0 Å². The Kier molecular flexibility index (Phi) is 4.69. The SMILES string of the molecule is Nc1ccc(N2CCN(Cc3cnc4c(c3)NC(=O)C3CCCN43)CC2)c(F)c1F. The van der Waals surface area contributed by atoms with E-state index in [0.717, 1.165) is 36.5 Å². The lowest BCUT2D eigenvalue weighted by atomic mass is 10.1. The van der Waals surface area contributed by atoms with Crippen LogP contribution in [-0.2, 0) is 11.3 Å². The maximum Gasteiger partial charge on any atom is 0.247 e. The first-order valence-electron chi connectivity index (χ1n) is 10.3. The Morgan fingerprint density at radius 2 is 1.93 bits per heavy atom. The van der Waals surface area contributed by atoms with Crippen LogP contribution >= 0.6 is 0 Å². The highest BCUT2D eigenvalue weighted by Gasteiger charge is 2.37. The number of rotatable bonds is 3. The van der Waals surface area contributed by atoms with Crippen molar-refractivity contribution in [2.45, 2.75) is 25.4 Å². The van der Waals surface area contributed by atoms with Gasteiger partial charge in [0.2, 0.25) is 5.91 Å². The first-order valence-corrected chi connectivity index (χ1v) is 10.3. The van der Waals surface area contributed by atoms with E-state index < -0.39 is 11.6 Å². The van der Waals surface area contributed by atoms with Crippen LogP contribution in [0.3, 0.4) is 0 Å². The van der Waals surface area contributed by atoms with Gasteiger partial charge >= 0.3 is 0 Å². The molecule has 0 saturated carbocycles. The first-order chi connectivity index (χ1) is 14.5. The highest BCUT2D eigenvalue weighted by Crippen LogP contribution is 2.35. The molecule has 4 heterocycles. The number of hydrogen-bond donors (Lipinski definition) is 2. The molecule has 2 fully saturated rings. The summed E-state index contributed by atoms with van der Waals surface area (Å²) in [5.74, 6) is -0.979. The lowest BCUT2D eigenvalue weighted by Gasteiger charge is -2.36. The zero-order valence-electron chi connectivity index (χ0n) is 16.6. The third-order valence-electron chi connectivity index (χ3n) is 6.22. The number of carbonyl (C=O) groups is 1. The Morgan fingerprint density at radius 1 is 1.13 bits per heavy atom. The molecular weight excluding hydrogens is 390 g/mol. The van der Waals surface area contributed by atoms with Gasteiger partial charge in [-0.2, -0.15) is 0 Å². The molecule has 5 rings (SSSR count). The molecule has 9 heteroatoms. The molecule has 2 aromatic rings. The van der Waals surface area contributed by atoms with Gasteiger partial charge in [-0.15, -0.1) is 0 Å². The topological polar surface area (TPSA) is 77.7 Å². The molecule has 3 aliphatic heterocycles. The quantitative estimate of drug-likeness (QED) is 0.750. The number of aromatic nitrogens is 1. The van der Waals surface area contributed by atoms with Crippen molar-refractivity contribution >= 4 is 28.8 Å². The monoisotopic (exact) mass is 414 g/mol. The third kappa shape index (κ3) is 3.23. The summed E-state index contributed by atoms with van der Waals surface area (Å²) in [4.78, 5) is 23.1. The normalized spacial score (nSPS) is 21.4. The molecule has 158 valence electrons. The number of amides is 1. The molecular formula is C21H24F2N6O. The Morgan fingerprint density at radius 3 is 2.73 bits per heavy atom. The van der Waals surface area contributed by atoms with Crippen LogP contribution in [0.1, 0.15) is 18.4 Å². The fourth-order valence-corrected chi connectivity index (χ4v) is 4.62. The van der Waals surface area contributed by atoms with Crippen LogP contribution in [0.4, 0.5) is 31.7 Å². The third-order valence-corrected chi connectivity index (χ3v) is 6.22. The van der Waals surface area contributed by atoms with Crippen LogP contribution in [0.5, 0.6) is 0 Å². The summed E-state index contributed by atoms with van der Waals surface area (Å²) >= 11 is 0. The van der Waals surface area contributed by atoms with Crippen LogP contribution < -0.4 is 20.9 Å². The van der Waals surface area contributed by atoms with Crippen molar-refractivity contribution in [3.05, 3.63) is 41.6 Å². The van der Waals surface area contributed by atoms with E-state index in [2.05, 4.69) is 20.1 Å². The van der Waals surface area contributed by atoms with Crippen molar-refractivity contribution in [1.29, 1.82) is 0 Å². The molecule has 1 aromatic carbocycles. The molecule has 7 nitrogen and oxygen atoms in total. The van der Waals surface area contributed by atoms with Crippen molar-refractivity contribution in [2.75, 3.05) is 53.6 Å². The molecule has 3 N–H and O–H groups in total. The van der Waals surface area contributed by atoms with Crippen LogP contribution in [0.15, 0.2) is 24.4 Å². The second-order valence-electron chi connectivity index (χ2n) is 8.12. The minimum absolute atomic E-state index is 0.0466. The van der Waals surface area contributed by atoms with Crippen LogP contribution in [0, 0.1) is 11.6 Å². The van der Waals surface area contributed by atoms with Crippen molar-refractivity contribution in [3.63, 3.8) is 0 Å². The van der Waals surface area contributed by atoms with Gasteiger partial charge in [-0.3, -0.25) is 9.69 Å². The maximum absolute atomic E-state index is 14.2. The maximum atomic E-state index is 14.2. The molecule has 3 aliphatic rings. The molecule has 2 saturated heterocycles. The lowest BCUT2D eigenvalue weighted by Crippen LogP contribution is -2.46. The molecule has 0 radical (unpaired) electrons. The van der Waals surface area contributed by atoms with Crippen molar-refractivity contribution in [3.8, 4) is 0 Å². The fourth-order valence-electron chi connectivity index (χ4n) is 4.62. The number of nitrogen functional groups attached to an aromatic ring is 1. The fraction of sp³-hybridized carbons (Fsp3) is 0.429. The number of hydrogen-bond acceptors (Lipinski definition) is 6. The summed E-state index contributed by atoms with van der Waals surface area (Å²) < 4.78 is 28.0. The molecule has 1 unspecified atom stereocenters. The van der Waals surface area contributed by atoms with Gasteiger partial charge in [0.15, 0.2) is 17.5 Å². The van der Waals surface area contributed by atoms with Gasteiger partial charge in [0.1, 0.15) is 6.04 Å². The van der Waals surface area contributed by atoms with Gasteiger partial charge < -0.3 is 20.9 Å². The molecule has 1 aromatic heterocycles. The highest BCUT2D eigenvalue weighted by molar-refractivity contribution is 6.03. The minimum Gasteiger partial charge on any atom is -0.396 e. The number of benzene rings is 1. The minimum atomic E-state index is -0.989. The van der Waals surface area contributed by atoms with E-state index in [1.165, 1.54) is 12.1 Å². The summed E-state index contributed by atoms with van der Waals surface area (Å²) in [5.41, 5.74) is 7.30. The Labute approximate surface area is 173 Å². The molecule has 30 heavy (non-hydrogen) atoms. The number of halogens is 2. The van der Waals surface area contributed by atoms with Crippen molar-refractivity contribution in [2.24, 2.45) is 0 Å². The smallest absolute Gasteiger partial charge is 0.247 e. The zero-order valence-corrected chi connectivity index (χ0v) is 16.6. The van der Waals surface area contributed by atoms with Crippen LogP contribution in [0.25, 0.3) is 0 Å². The number of nitrogens with one attached hydrogen (secondary N) is 1. The number of piperazine rings is 1. The number of pyridine rings is 1. The van der Waals surface area contributed by atoms with E-state index in [1.807, 2.05) is 17.2 Å². The van der Waals surface area contributed by atoms with Gasteiger partial charge in [-0.05, 0) is 36.6 Å². The van der Waals surface area contributed by atoms with Gasteiger partial charge in [-0.1, -0.05) is 0 Å². The first kappa shape index (κ1) is 19.0. The lowest BCUT2D eigenvalue weighted by molar-refractivity contribution is -0.117. The van der Waals surface area contributed by atoms with Crippen LogP contribution in [-0.4, -0.2) is 54.6 Å². The summed E-state index contributed by atoms with van der Waals surface area (Å²) in [6.45, 7) is 4.15. The molecule has 0 aliphatic carbocycles. The van der Waals surface area contributed by atoms with Gasteiger partial charge in [-0.25, -0.2) is 13.8 Å². The highest BCUT2D eigenvalue weighted by atomic mass is 19.2. The summed E-state index contributed by atoms with van der Waals surface area (Å²) in [5, 5.41) is 3.00. The van der Waals surface area contributed by atoms with Gasteiger partial charge in [0.05, 0.1) is 17.1 Å². The average molecular weight is 414 g/mol. The molecule has 1 atom stereocenters. The van der Waals surface area contributed by atoms with Gasteiger partial charge in [0.25, 0.3) is 0 Å². The number of fused-ring (bicyclic) bond motifs is 3. The summed E-state index contributed by atoms with van der Waals surface area (Å²) in [6, 6.07) is 4.84. The number of nitrogens with zero attached hydrogens (tertiary/aromatic N) is 4. The van der Waals surface area contributed by atoms with E-state index in [0.29, 0.717) is 32.7 Å². The average Bonchev–Trinajstić information content (AvgIpc) is 3.24. The van der Waals surface area contributed by atoms with E-state index >= 15 is 0 Å². The zero-order chi connectivity index (χ0) is 20.8. The molecule has 0 spiro atoms. The Bertz CT molecular complexity index is 992. The van der Waals surface area contributed by atoms with Gasteiger partial charge in [0, 0.05) is 45.5 Å². The van der Waals surface area contributed by atoms with E-state index in [-0.39, 0.29) is 23.3 Å². The van der Waals surface area contributed by atoms with Crippen molar-refractivity contribution in [1.82, 2.24) is 9.88 Å². The number of carbonyl (C=O) groups excluding carboxylic acids is 1. The predicted octanol–water partition coefficient (Wildman–Crippen LogP) is 2.19. The Hall–Kier alpha value is -2.94. The Balaban J connectivity index is 1.25. The number of anilines is 4. The van der Waals surface area contributed by atoms with E-state index in [4.69, 9.17) is 5.73 Å². The second kappa shape index (κ2) is 7.39. The largest absolute Gasteiger partial charge is 0.396 e. The van der Waals surface area contributed by atoms with Crippen molar-refractivity contribution < 1.29 is 13.6 Å². The summed E-state index contributed by atoms with van der Waals surface area (Å²) in [7, 11) is 0. The van der Waals surface area contributed by atoms with Crippen LogP contribution in [0.2, 0.25) is 0 Å². The molecule has 1 amide bonds. The summed E-state index contributed by atoms with van der Waals surface area (Å²) in [6.07, 6.45) is 3.74. The van der Waals surface area contributed by atoms with E-state index in [9.17, 15) is 13.6 Å². The molecule has 0 bridgehead atoms. The second-order valence-corrected chi connectivity index (χ2v) is 8.12. The number of nitrogens with two attached hydrogens (primary N) is 1.